The number of benzene rings is 2. The Morgan fingerprint density at radius 2 is 1.82 bits per heavy atom. The summed E-state index contributed by atoms with van der Waals surface area (Å²) in [6, 6.07) is 24.5. The van der Waals surface area contributed by atoms with Gasteiger partial charge in [0, 0.05) is 31.2 Å². The van der Waals surface area contributed by atoms with E-state index in [4.69, 9.17) is 33.8 Å². The fourth-order valence-corrected chi connectivity index (χ4v) is 7.47. The molecule has 2 atom stereocenters. The van der Waals surface area contributed by atoms with Crippen molar-refractivity contribution in [2.75, 3.05) is 22.9 Å². The number of thiocarbonyl (C=S) groups is 1. The number of nitrogens with zero attached hydrogens (tertiary/aromatic N) is 5. The Morgan fingerprint density at radius 3 is 2.60 bits per heavy atom. The van der Waals surface area contributed by atoms with Crippen LogP contribution in [0.1, 0.15) is 43.2 Å². The highest BCUT2D eigenvalue weighted by molar-refractivity contribution is 7.80. The first-order valence-electron chi connectivity index (χ1n) is 13.6. The zero-order chi connectivity index (χ0) is 27.2. The second-order valence-corrected chi connectivity index (χ2v) is 12.4. The number of fused-ring (bicyclic) bond motifs is 1. The molecule has 0 aliphatic carbocycles. The highest BCUT2D eigenvalue weighted by Crippen LogP contribution is 2.44. The monoisotopic (exact) mass is 584 g/mol. The van der Waals surface area contributed by atoms with E-state index in [2.05, 4.69) is 87.4 Å². The van der Waals surface area contributed by atoms with E-state index in [0.29, 0.717) is 5.11 Å². The average molecular weight is 585 g/mol. The van der Waals surface area contributed by atoms with Crippen molar-refractivity contribution in [1.29, 1.82) is 0 Å². The molecule has 0 unspecified atom stereocenters. The van der Waals surface area contributed by atoms with E-state index in [1.807, 2.05) is 24.4 Å². The Hall–Kier alpha value is -3.46. The Balaban J connectivity index is 1.31. The van der Waals surface area contributed by atoms with Gasteiger partial charge in [-0.15, -0.1) is 0 Å². The van der Waals surface area contributed by atoms with Gasteiger partial charge in [0.05, 0.1) is 38.4 Å². The molecule has 1 N–H and O–H groups in total. The molecule has 0 radical (unpaired) electrons. The van der Waals surface area contributed by atoms with Crippen molar-refractivity contribution < 1.29 is 0 Å². The number of piperidine rings is 1. The van der Waals surface area contributed by atoms with Gasteiger partial charge in [-0.25, -0.2) is 4.98 Å². The number of aromatic nitrogens is 3. The SMILES string of the molecule is CC1CCN(c2ccc(N3C(=S)N[C@@H](c4ccccn4)[C@@H]3c3cccn3-c3nc4ccccc4s3)cc2Cl)CC1. The van der Waals surface area contributed by atoms with Crippen molar-refractivity contribution in [3.05, 3.63) is 102 Å². The van der Waals surface area contributed by atoms with Crippen molar-refractivity contribution in [3.8, 4) is 5.13 Å². The first kappa shape index (κ1) is 25.5. The quantitative estimate of drug-likeness (QED) is 0.215. The van der Waals surface area contributed by atoms with Crippen molar-refractivity contribution in [1.82, 2.24) is 19.9 Å². The topological polar surface area (TPSA) is 49.2 Å². The molecule has 3 aromatic heterocycles. The van der Waals surface area contributed by atoms with Crippen molar-refractivity contribution in [2.24, 2.45) is 5.92 Å². The van der Waals surface area contributed by atoms with Crippen LogP contribution in [0.2, 0.25) is 5.02 Å². The number of hydrogen-bond acceptors (Lipinski definition) is 5. The van der Waals surface area contributed by atoms with Gasteiger partial charge in [0.25, 0.3) is 0 Å². The average Bonchev–Trinajstić information content (AvgIpc) is 3.70. The lowest BCUT2D eigenvalue weighted by Gasteiger charge is -2.33. The first-order chi connectivity index (χ1) is 19.6. The van der Waals surface area contributed by atoms with Crippen molar-refractivity contribution in [3.63, 3.8) is 0 Å². The number of halogens is 1. The molecular weight excluding hydrogens is 556 g/mol. The van der Waals surface area contributed by atoms with Gasteiger partial charge >= 0.3 is 0 Å². The van der Waals surface area contributed by atoms with Gasteiger partial charge in [-0.05, 0) is 85.6 Å². The van der Waals surface area contributed by atoms with E-state index in [-0.39, 0.29) is 12.1 Å². The highest BCUT2D eigenvalue weighted by Gasteiger charge is 2.42. The fraction of sp³-hybridized carbons (Fsp3) is 0.258. The third-order valence-corrected chi connectivity index (χ3v) is 9.66. The van der Waals surface area contributed by atoms with Gasteiger partial charge in [-0.2, -0.15) is 0 Å². The van der Waals surface area contributed by atoms with Crippen molar-refractivity contribution >= 4 is 61.9 Å². The van der Waals surface area contributed by atoms with Crippen LogP contribution in [-0.2, 0) is 0 Å². The molecular formula is C31H29ClN6S2. The Labute approximate surface area is 248 Å². The second kappa shape index (κ2) is 10.5. The molecule has 0 saturated carbocycles. The second-order valence-electron chi connectivity index (χ2n) is 10.6. The van der Waals surface area contributed by atoms with Crippen LogP contribution in [0.5, 0.6) is 0 Å². The summed E-state index contributed by atoms with van der Waals surface area (Å²) >= 11 is 14.6. The molecule has 6 nitrogen and oxygen atoms in total. The van der Waals surface area contributed by atoms with Gasteiger partial charge in [-0.3, -0.25) is 9.55 Å². The van der Waals surface area contributed by atoms with E-state index in [1.165, 1.54) is 12.8 Å². The number of nitrogens with one attached hydrogen (secondary N) is 1. The number of thiazole rings is 1. The molecule has 0 amide bonds. The number of anilines is 2. The van der Waals surface area contributed by atoms with E-state index in [1.54, 1.807) is 11.3 Å². The summed E-state index contributed by atoms with van der Waals surface area (Å²) in [5, 5.41) is 5.89. The molecule has 40 heavy (non-hydrogen) atoms. The van der Waals surface area contributed by atoms with Crippen LogP contribution in [0.4, 0.5) is 11.4 Å². The summed E-state index contributed by atoms with van der Waals surface area (Å²) in [5.74, 6) is 0.762. The summed E-state index contributed by atoms with van der Waals surface area (Å²) in [7, 11) is 0. The van der Waals surface area contributed by atoms with Crippen LogP contribution < -0.4 is 15.1 Å². The molecule has 2 fully saturated rings. The largest absolute Gasteiger partial charge is 0.370 e. The van der Waals surface area contributed by atoms with E-state index in [0.717, 1.165) is 62.1 Å². The lowest BCUT2D eigenvalue weighted by molar-refractivity contribution is 0.438. The summed E-state index contributed by atoms with van der Waals surface area (Å²) < 4.78 is 3.34. The highest BCUT2D eigenvalue weighted by atomic mass is 35.5. The van der Waals surface area contributed by atoms with Gasteiger partial charge < -0.3 is 15.1 Å². The Bertz CT molecular complexity index is 1640. The molecule has 2 aliphatic heterocycles. The van der Waals surface area contributed by atoms with Crippen LogP contribution >= 0.6 is 35.2 Å². The summed E-state index contributed by atoms with van der Waals surface area (Å²) in [6.07, 6.45) is 6.29. The van der Waals surface area contributed by atoms with Crippen LogP contribution in [0, 0.1) is 5.92 Å². The van der Waals surface area contributed by atoms with Crippen LogP contribution in [0.15, 0.2) is 85.2 Å². The van der Waals surface area contributed by atoms with Gasteiger partial charge in [0.15, 0.2) is 10.2 Å². The molecule has 5 aromatic rings. The minimum absolute atomic E-state index is 0.154. The predicted octanol–water partition coefficient (Wildman–Crippen LogP) is 7.55. The minimum Gasteiger partial charge on any atom is -0.370 e. The van der Waals surface area contributed by atoms with Crippen molar-refractivity contribution in [2.45, 2.75) is 31.8 Å². The molecule has 2 aromatic carbocycles. The van der Waals surface area contributed by atoms with Gasteiger partial charge in [-0.1, -0.05) is 48.1 Å². The van der Waals surface area contributed by atoms with E-state index < -0.39 is 0 Å². The first-order valence-corrected chi connectivity index (χ1v) is 15.3. The van der Waals surface area contributed by atoms with Gasteiger partial charge in [0.2, 0.25) is 0 Å². The maximum absolute atomic E-state index is 6.97. The standard InChI is InChI=1S/C31H29ClN6S2/c1-20-13-17-36(18-14-20)25-12-11-21(19-22(25)32)38-29(28(35-30(38)39)24-8-4-5-15-33-24)26-9-6-16-37(26)31-34-23-7-2-3-10-27(23)40-31/h2-12,15-16,19-20,28-29H,13-14,17-18H2,1H3,(H,35,39)/t28-,29-/m0/s1. The molecule has 9 heteroatoms. The Morgan fingerprint density at radius 1 is 1.00 bits per heavy atom. The normalized spacial score (nSPS) is 19.9. The lowest BCUT2D eigenvalue weighted by atomic mass is 9.98. The Kier molecular flexibility index (Phi) is 6.70. The van der Waals surface area contributed by atoms with Gasteiger partial charge in [0.1, 0.15) is 6.04 Å². The lowest BCUT2D eigenvalue weighted by Crippen LogP contribution is -2.33. The zero-order valence-electron chi connectivity index (χ0n) is 22.1. The van der Waals surface area contributed by atoms with Crippen LogP contribution in [0.3, 0.4) is 0 Å². The fourth-order valence-electron chi connectivity index (χ4n) is 5.86. The third kappa shape index (κ3) is 4.54. The number of pyridine rings is 1. The number of hydrogen-bond donors (Lipinski definition) is 1. The number of para-hydroxylation sites is 1. The smallest absolute Gasteiger partial charge is 0.194 e. The molecule has 5 heterocycles. The molecule has 0 spiro atoms. The van der Waals surface area contributed by atoms with E-state index in [9.17, 15) is 0 Å². The van der Waals surface area contributed by atoms with Crippen LogP contribution in [-0.4, -0.2) is 32.7 Å². The van der Waals surface area contributed by atoms with E-state index >= 15 is 0 Å². The predicted molar refractivity (Wildman–Crippen MR) is 169 cm³/mol. The molecule has 2 aliphatic rings. The minimum atomic E-state index is -0.165. The number of rotatable bonds is 5. The summed E-state index contributed by atoms with van der Waals surface area (Å²) in [6.45, 7) is 4.39. The molecule has 2 saturated heterocycles. The summed E-state index contributed by atoms with van der Waals surface area (Å²) in [5.41, 5.74) is 5.05. The summed E-state index contributed by atoms with van der Waals surface area (Å²) in [4.78, 5) is 14.3. The maximum Gasteiger partial charge on any atom is 0.194 e. The molecule has 202 valence electrons. The molecule has 7 rings (SSSR count). The van der Waals surface area contributed by atoms with Crippen LogP contribution in [0.25, 0.3) is 15.3 Å². The molecule has 0 bridgehead atoms. The maximum atomic E-state index is 6.97. The zero-order valence-corrected chi connectivity index (χ0v) is 24.5. The third-order valence-electron chi connectivity index (χ3n) is 8.00.